The maximum atomic E-state index is 11.8. The van der Waals surface area contributed by atoms with Crippen LogP contribution >= 0.6 is 0 Å². The average molecular weight is 276 g/mol. The molecule has 4 nitrogen and oxygen atoms in total. The fourth-order valence-corrected chi connectivity index (χ4v) is 3.06. The summed E-state index contributed by atoms with van der Waals surface area (Å²) in [5.41, 5.74) is 0.518. The summed E-state index contributed by atoms with van der Waals surface area (Å²) in [6.45, 7) is 2.19. The molecule has 1 N–H and O–H groups in total. The van der Waals surface area contributed by atoms with Gasteiger partial charge in [-0.25, -0.2) is 9.78 Å². The van der Waals surface area contributed by atoms with E-state index in [1.54, 1.807) is 18.3 Å². The number of hydrogen-bond donors (Lipinski definition) is 1. The number of rotatable bonds is 5. The maximum absolute atomic E-state index is 11.8. The van der Waals surface area contributed by atoms with E-state index in [1.807, 2.05) is 0 Å². The Morgan fingerprint density at radius 2 is 2.20 bits per heavy atom. The van der Waals surface area contributed by atoms with Gasteiger partial charge in [-0.15, -0.1) is 0 Å². The average Bonchev–Trinajstić information content (AvgIpc) is 2.53. The van der Waals surface area contributed by atoms with Crippen molar-refractivity contribution in [3.8, 4) is 0 Å². The van der Waals surface area contributed by atoms with Crippen molar-refractivity contribution in [2.75, 3.05) is 12.4 Å². The van der Waals surface area contributed by atoms with Gasteiger partial charge in [-0.2, -0.15) is 0 Å². The summed E-state index contributed by atoms with van der Waals surface area (Å²) in [7, 11) is 1.40. The summed E-state index contributed by atoms with van der Waals surface area (Å²) >= 11 is 0. The van der Waals surface area contributed by atoms with Crippen LogP contribution in [0.5, 0.6) is 0 Å². The molecule has 1 aromatic heterocycles. The summed E-state index contributed by atoms with van der Waals surface area (Å²) in [5, 5.41) is 3.47. The van der Waals surface area contributed by atoms with Gasteiger partial charge >= 0.3 is 5.97 Å². The Hall–Kier alpha value is -1.58. The molecule has 1 heterocycles. The molecule has 1 unspecified atom stereocenters. The molecule has 0 aromatic carbocycles. The van der Waals surface area contributed by atoms with Crippen LogP contribution in [0, 0.1) is 5.92 Å². The monoisotopic (exact) mass is 276 g/mol. The third-order valence-corrected chi connectivity index (χ3v) is 4.19. The van der Waals surface area contributed by atoms with Crippen molar-refractivity contribution in [1.29, 1.82) is 0 Å². The van der Waals surface area contributed by atoms with Crippen LogP contribution in [-0.4, -0.2) is 24.1 Å². The number of pyridine rings is 1. The van der Waals surface area contributed by atoms with Crippen LogP contribution in [-0.2, 0) is 4.74 Å². The predicted octanol–water partition coefficient (Wildman–Crippen LogP) is 3.64. The zero-order chi connectivity index (χ0) is 14.4. The molecule has 1 atom stereocenters. The zero-order valence-corrected chi connectivity index (χ0v) is 12.4. The molecular weight excluding hydrogens is 252 g/mol. The fraction of sp³-hybridized carbons (Fsp3) is 0.625. The van der Waals surface area contributed by atoms with Crippen molar-refractivity contribution in [2.45, 2.75) is 51.5 Å². The summed E-state index contributed by atoms with van der Waals surface area (Å²) in [6.07, 6.45) is 9.27. The summed E-state index contributed by atoms with van der Waals surface area (Å²) < 4.78 is 4.82. The molecule has 1 aromatic rings. The van der Waals surface area contributed by atoms with E-state index in [4.69, 9.17) is 4.74 Å². The number of methoxy groups -OCH3 is 1. The molecule has 0 amide bonds. The van der Waals surface area contributed by atoms with Gasteiger partial charge in [0.1, 0.15) is 11.4 Å². The Kier molecular flexibility index (Phi) is 5.39. The number of hydrogen-bond acceptors (Lipinski definition) is 4. The second kappa shape index (κ2) is 7.27. The smallest absolute Gasteiger partial charge is 0.341 e. The molecule has 110 valence electrons. The molecule has 1 aliphatic rings. The van der Waals surface area contributed by atoms with Crippen molar-refractivity contribution in [1.82, 2.24) is 4.98 Å². The lowest BCUT2D eigenvalue weighted by molar-refractivity contribution is 0.0601. The van der Waals surface area contributed by atoms with E-state index in [0.717, 1.165) is 6.42 Å². The van der Waals surface area contributed by atoms with Gasteiger partial charge in [-0.3, -0.25) is 0 Å². The van der Waals surface area contributed by atoms with E-state index in [9.17, 15) is 4.79 Å². The van der Waals surface area contributed by atoms with Crippen molar-refractivity contribution in [3.63, 3.8) is 0 Å². The lowest BCUT2D eigenvalue weighted by Gasteiger charge is -2.31. The minimum absolute atomic E-state index is 0.334. The van der Waals surface area contributed by atoms with Gasteiger partial charge in [-0.1, -0.05) is 26.2 Å². The quantitative estimate of drug-likeness (QED) is 0.834. The van der Waals surface area contributed by atoms with E-state index in [1.165, 1.54) is 39.2 Å². The minimum atomic E-state index is -0.334. The molecule has 1 saturated carbocycles. The number of carbonyl (C=O) groups excluding carboxylic acids is 1. The largest absolute Gasteiger partial charge is 0.465 e. The molecule has 0 saturated heterocycles. The topological polar surface area (TPSA) is 51.2 Å². The lowest BCUT2D eigenvalue weighted by Crippen LogP contribution is -2.31. The number of ether oxygens (including phenoxy) is 1. The third-order valence-electron chi connectivity index (χ3n) is 4.19. The van der Waals surface area contributed by atoms with Crippen LogP contribution in [0.15, 0.2) is 18.3 Å². The second-order valence-electron chi connectivity index (χ2n) is 5.45. The molecule has 20 heavy (non-hydrogen) atoms. The lowest BCUT2D eigenvalue weighted by atomic mass is 9.83. The number of carbonyl (C=O) groups is 1. The summed E-state index contributed by atoms with van der Waals surface area (Å²) in [6, 6.07) is 3.90. The van der Waals surface area contributed by atoms with Crippen LogP contribution < -0.4 is 5.32 Å². The summed E-state index contributed by atoms with van der Waals surface area (Å²) in [5.74, 6) is 0.997. The number of anilines is 1. The zero-order valence-electron chi connectivity index (χ0n) is 12.4. The van der Waals surface area contributed by atoms with Gasteiger partial charge < -0.3 is 10.1 Å². The molecule has 4 heteroatoms. The highest BCUT2D eigenvalue weighted by atomic mass is 16.5. The Morgan fingerprint density at radius 3 is 2.85 bits per heavy atom. The molecule has 2 rings (SSSR count). The van der Waals surface area contributed by atoms with Crippen LogP contribution in [0.3, 0.4) is 0 Å². The van der Waals surface area contributed by atoms with E-state index in [0.29, 0.717) is 23.3 Å². The maximum Gasteiger partial charge on any atom is 0.341 e. The normalized spacial score (nSPS) is 17.5. The Morgan fingerprint density at radius 1 is 1.45 bits per heavy atom. The first-order chi connectivity index (χ1) is 9.76. The van der Waals surface area contributed by atoms with Crippen molar-refractivity contribution >= 4 is 11.8 Å². The first-order valence-corrected chi connectivity index (χ1v) is 7.56. The predicted molar refractivity (Wildman–Crippen MR) is 79.9 cm³/mol. The van der Waals surface area contributed by atoms with E-state index < -0.39 is 0 Å². The van der Waals surface area contributed by atoms with Crippen molar-refractivity contribution < 1.29 is 9.53 Å². The number of nitrogens with zero attached hydrogens (tertiary/aromatic N) is 1. The van der Waals surface area contributed by atoms with Crippen LogP contribution in [0.25, 0.3) is 0 Å². The van der Waals surface area contributed by atoms with Crippen molar-refractivity contribution in [3.05, 3.63) is 23.9 Å². The Balaban J connectivity index is 2.12. The Bertz CT molecular complexity index is 442. The van der Waals surface area contributed by atoms with Gasteiger partial charge in [0.05, 0.1) is 7.11 Å². The molecule has 0 radical (unpaired) electrons. The third kappa shape index (κ3) is 3.50. The fourth-order valence-electron chi connectivity index (χ4n) is 3.06. The second-order valence-corrected chi connectivity index (χ2v) is 5.45. The first-order valence-electron chi connectivity index (χ1n) is 7.56. The molecule has 0 aliphatic heterocycles. The van der Waals surface area contributed by atoms with Gasteiger partial charge in [0, 0.05) is 12.2 Å². The van der Waals surface area contributed by atoms with Crippen LogP contribution in [0.2, 0.25) is 0 Å². The van der Waals surface area contributed by atoms with E-state index in [-0.39, 0.29) is 5.97 Å². The highest BCUT2D eigenvalue weighted by Gasteiger charge is 2.24. The highest BCUT2D eigenvalue weighted by Crippen LogP contribution is 2.29. The standard InChI is InChI=1S/C16H24N2O2/c1-3-14(12-8-5-4-6-9-12)18-15-13(16(19)20-2)10-7-11-17-15/h7,10-12,14H,3-6,8-9H2,1-2H3,(H,17,18). The van der Waals surface area contributed by atoms with E-state index >= 15 is 0 Å². The van der Waals surface area contributed by atoms with Crippen LogP contribution in [0.1, 0.15) is 55.8 Å². The van der Waals surface area contributed by atoms with E-state index in [2.05, 4.69) is 17.2 Å². The summed E-state index contributed by atoms with van der Waals surface area (Å²) in [4.78, 5) is 16.1. The number of esters is 1. The Labute approximate surface area is 120 Å². The SMILES string of the molecule is CCC(Nc1ncccc1C(=O)OC)C1CCCCC1. The van der Waals surface area contributed by atoms with Crippen LogP contribution in [0.4, 0.5) is 5.82 Å². The van der Waals surface area contributed by atoms with Gasteiger partial charge in [-0.05, 0) is 37.3 Å². The minimum Gasteiger partial charge on any atom is -0.465 e. The molecular formula is C16H24N2O2. The van der Waals surface area contributed by atoms with Crippen molar-refractivity contribution in [2.24, 2.45) is 5.92 Å². The molecule has 0 bridgehead atoms. The molecule has 1 fully saturated rings. The first kappa shape index (κ1) is 14.8. The highest BCUT2D eigenvalue weighted by molar-refractivity contribution is 5.94. The van der Waals surface area contributed by atoms with Gasteiger partial charge in [0.25, 0.3) is 0 Å². The molecule has 1 aliphatic carbocycles. The molecule has 0 spiro atoms. The number of nitrogens with one attached hydrogen (secondary N) is 1. The number of aromatic nitrogens is 1. The van der Waals surface area contributed by atoms with Gasteiger partial charge in [0.15, 0.2) is 0 Å². The van der Waals surface area contributed by atoms with Gasteiger partial charge in [0.2, 0.25) is 0 Å².